The van der Waals surface area contributed by atoms with Gasteiger partial charge in [-0.3, -0.25) is 14.7 Å². The molecule has 0 aliphatic carbocycles. The lowest BCUT2D eigenvalue weighted by Crippen LogP contribution is -2.39. The van der Waals surface area contributed by atoms with Crippen molar-refractivity contribution in [1.29, 1.82) is 0 Å². The summed E-state index contributed by atoms with van der Waals surface area (Å²) in [6, 6.07) is 7.90. The normalized spacial score (nSPS) is 17.2. The van der Waals surface area contributed by atoms with Crippen molar-refractivity contribution in [2.45, 2.75) is 44.9 Å². The minimum atomic E-state index is -0.224. The van der Waals surface area contributed by atoms with Gasteiger partial charge in [-0.25, -0.2) is 0 Å². The van der Waals surface area contributed by atoms with E-state index in [1.54, 1.807) is 6.20 Å². The zero-order valence-corrected chi connectivity index (χ0v) is 17.6. The number of ether oxygens (including phenoxy) is 1. The molecule has 0 spiro atoms. The molecule has 1 fully saturated rings. The van der Waals surface area contributed by atoms with Gasteiger partial charge in [-0.15, -0.1) is 0 Å². The summed E-state index contributed by atoms with van der Waals surface area (Å²) in [5.74, 6) is -0.0839. The van der Waals surface area contributed by atoms with Crippen molar-refractivity contribution in [2.75, 3.05) is 32.1 Å². The number of hydrogen-bond acceptors (Lipinski definition) is 4. The van der Waals surface area contributed by atoms with Crippen molar-refractivity contribution < 1.29 is 14.3 Å². The molecule has 156 valence electrons. The second-order valence-corrected chi connectivity index (χ2v) is 8.60. The highest BCUT2D eigenvalue weighted by Gasteiger charge is 2.28. The molecular weight excluding hydrogens is 368 g/mol. The molecule has 2 aromatic rings. The molecule has 0 bridgehead atoms. The third kappa shape index (κ3) is 5.03. The molecule has 1 atom stereocenters. The maximum Gasteiger partial charge on any atom is 0.253 e. The van der Waals surface area contributed by atoms with Crippen molar-refractivity contribution in [3.05, 3.63) is 47.3 Å². The third-order valence-electron chi connectivity index (χ3n) is 5.33. The number of carbonyl (C=O) groups excluding carboxylic acids is 2. The lowest BCUT2D eigenvalue weighted by Gasteiger charge is -2.33. The summed E-state index contributed by atoms with van der Waals surface area (Å²) in [5.41, 5.74) is 3.48. The van der Waals surface area contributed by atoms with Crippen LogP contribution in [-0.4, -0.2) is 53.7 Å². The summed E-state index contributed by atoms with van der Waals surface area (Å²) in [6.45, 7) is 7.79. The number of aromatic nitrogens is 2. The quantitative estimate of drug-likeness (QED) is 0.809. The van der Waals surface area contributed by atoms with E-state index in [0.29, 0.717) is 17.8 Å². The minimum absolute atomic E-state index is 0.00947. The molecule has 0 saturated carbocycles. The highest BCUT2D eigenvalue weighted by atomic mass is 16.5. The Bertz CT molecular complexity index is 852. The van der Waals surface area contributed by atoms with Gasteiger partial charge in [-0.05, 0) is 36.0 Å². The largest absolute Gasteiger partial charge is 0.375 e. The number of amides is 2. The Labute approximate surface area is 171 Å². The first-order chi connectivity index (χ1) is 13.8. The van der Waals surface area contributed by atoms with Gasteiger partial charge in [0, 0.05) is 31.7 Å². The van der Waals surface area contributed by atoms with Gasteiger partial charge >= 0.3 is 0 Å². The number of likely N-dealkylation sites (tertiary alicyclic amines) is 1. The predicted octanol–water partition coefficient (Wildman–Crippen LogP) is 3.31. The fourth-order valence-electron chi connectivity index (χ4n) is 3.72. The van der Waals surface area contributed by atoms with Crippen LogP contribution >= 0.6 is 0 Å². The van der Waals surface area contributed by atoms with Crippen molar-refractivity contribution >= 4 is 17.5 Å². The van der Waals surface area contributed by atoms with Crippen LogP contribution in [0.15, 0.2) is 30.5 Å². The van der Waals surface area contributed by atoms with Crippen LogP contribution in [-0.2, 0) is 14.9 Å². The van der Waals surface area contributed by atoms with Gasteiger partial charge in [0.15, 0.2) is 0 Å². The Balaban J connectivity index is 1.70. The molecule has 7 nitrogen and oxygen atoms in total. The van der Waals surface area contributed by atoms with Crippen LogP contribution in [0.1, 0.15) is 61.1 Å². The first-order valence-corrected chi connectivity index (χ1v) is 10.0. The number of methoxy groups -OCH3 is 1. The van der Waals surface area contributed by atoms with E-state index in [4.69, 9.17) is 4.74 Å². The number of H-pyrrole nitrogens is 1. The zero-order chi connectivity index (χ0) is 21.0. The molecular formula is C22H30N4O3. The molecule has 1 aromatic heterocycles. The Hall–Kier alpha value is -2.67. The summed E-state index contributed by atoms with van der Waals surface area (Å²) in [5, 5.41) is 9.91. The second kappa shape index (κ2) is 8.78. The summed E-state index contributed by atoms with van der Waals surface area (Å²) >= 11 is 0. The molecule has 1 unspecified atom stereocenters. The van der Waals surface area contributed by atoms with Gasteiger partial charge in [-0.1, -0.05) is 32.9 Å². The molecule has 2 N–H and O–H groups in total. The molecule has 2 heterocycles. The number of nitrogens with zero attached hydrogens (tertiary/aromatic N) is 2. The van der Waals surface area contributed by atoms with Crippen LogP contribution in [0.4, 0.5) is 5.69 Å². The molecule has 2 amide bonds. The van der Waals surface area contributed by atoms with Gasteiger partial charge in [0.05, 0.1) is 17.6 Å². The highest BCUT2D eigenvalue weighted by Crippen LogP contribution is 2.31. The standard InChI is InChI=1S/C22H30N4O3/c1-22(2,3)17-9-7-15(8-10-17)21(28)26-11-5-6-16(13-26)20-18(12-23-25-20)24-19(27)14-29-4/h7-10,12,16H,5-6,11,13-14H2,1-4H3,(H,23,25)(H,24,27). The number of aromatic amines is 1. The van der Waals surface area contributed by atoms with E-state index in [9.17, 15) is 9.59 Å². The lowest BCUT2D eigenvalue weighted by molar-refractivity contribution is -0.119. The Morgan fingerprint density at radius 3 is 2.66 bits per heavy atom. The number of carbonyl (C=O) groups is 2. The summed E-state index contributed by atoms with van der Waals surface area (Å²) in [7, 11) is 1.48. The Morgan fingerprint density at radius 1 is 1.28 bits per heavy atom. The monoisotopic (exact) mass is 398 g/mol. The van der Waals surface area contributed by atoms with Crippen molar-refractivity contribution in [3.63, 3.8) is 0 Å². The molecule has 1 saturated heterocycles. The van der Waals surface area contributed by atoms with Crippen molar-refractivity contribution in [2.24, 2.45) is 0 Å². The predicted molar refractivity (Wildman–Crippen MR) is 112 cm³/mol. The SMILES string of the molecule is COCC(=O)Nc1cn[nH]c1C1CCCN(C(=O)c2ccc(C(C)(C)C)cc2)C1. The van der Waals surface area contributed by atoms with Crippen LogP contribution in [0.25, 0.3) is 0 Å². The van der Waals surface area contributed by atoms with Gasteiger partial charge in [0.2, 0.25) is 5.91 Å². The molecule has 7 heteroatoms. The first kappa shape index (κ1) is 21.0. The Morgan fingerprint density at radius 2 is 2.00 bits per heavy atom. The third-order valence-corrected chi connectivity index (χ3v) is 5.33. The first-order valence-electron chi connectivity index (χ1n) is 10.0. The zero-order valence-electron chi connectivity index (χ0n) is 17.6. The molecule has 1 aromatic carbocycles. The molecule has 1 aliphatic heterocycles. The van der Waals surface area contributed by atoms with Crippen LogP contribution in [0.5, 0.6) is 0 Å². The number of benzene rings is 1. The van der Waals surface area contributed by atoms with E-state index in [1.807, 2.05) is 29.2 Å². The summed E-state index contributed by atoms with van der Waals surface area (Å²) in [4.78, 5) is 26.8. The lowest BCUT2D eigenvalue weighted by atomic mass is 9.86. The van der Waals surface area contributed by atoms with Crippen LogP contribution < -0.4 is 5.32 Å². The van der Waals surface area contributed by atoms with Gasteiger partial charge in [0.1, 0.15) is 6.61 Å². The van der Waals surface area contributed by atoms with E-state index in [1.165, 1.54) is 12.7 Å². The van der Waals surface area contributed by atoms with Gasteiger partial charge in [0.25, 0.3) is 5.91 Å². The molecule has 29 heavy (non-hydrogen) atoms. The average molecular weight is 399 g/mol. The number of rotatable bonds is 5. The fourth-order valence-corrected chi connectivity index (χ4v) is 3.72. The number of piperidine rings is 1. The fraction of sp³-hybridized carbons (Fsp3) is 0.500. The average Bonchev–Trinajstić information content (AvgIpc) is 3.15. The van der Waals surface area contributed by atoms with E-state index in [2.05, 4.69) is 36.3 Å². The number of anilines is 1. The molecule has 0 radical (unpaired) electrons. The topological polar surface area (TPSA) is 87.3 Å². The molecule has 3 rings (SSSR count). The van der Waals surface area contributed by atoms with E-state index in [0.717, 1.165) is 25.1 Å². The van der Waals surface area contributed by atoms with Crippen LogP contribution in [0.3, 0.4) is 0 Å². The minimum Gasteiger partial charge on any atom is -0.375 e. The Kier molecular flexibility index (Phi) is 6.37. The van der Waals surface area contributed by atoms with Gasteiger partial charge < -0.3 is 15.0 Å². The maximum absolute atomic E-state index is 13.0. The maximum atomic E-state index is 13.0. The summed E-state index contributed by atoms with van der Waals surface area (Å²) < 4.78 is 4.87. The van der Waals surface area contributed by atoms with Gasteiger partial charge in [-0.2, -0.15) is 5.10 Å². The number of nitrogens with one attached hydrogen (secondary N) is 2. The number of hydrogen-bond donors (Lipinski definition) is 2. The van der Waals surface area contributed by atoms with E-state index in [-0.39, 0.29) is 29.8 Å². The van der Waals surface area contributed by atoms with Crippen molar-refractivity contribution in [1.82, 2.24) is 15.1 Å². The van der Waals surface area contributed by atoms with E-state index >= 15 is 0 Å². The second-order valence-electron chi connectivity index (χ2n) is 8.60. The molecule has 1 aliphatic rings. The van der Waals surface area contributed by atoms with Crippen LogP contribution in [0.2, 0.25) is 0 Å². The summed E-state index contributed by atoms with van der Waals surface area (Å²) in [6.07, 6.45) is 3.44. The van der Waals surface area contributed by atoms with E-state index < -0.39 is 0 Å². The highest BCUT2D eigenvalue weighted by molar-refractivity contribution is 5.94. The van der Waals surface area contributed by atoms with Crippen LogP contribution in [0, 0.1) is 0 Å². The smallest absolute Gasteiger partial charge is 0.253 e. The van der Waals surface area contributed by atoms with Crippen molar-refractivity contribution in [3.8, 4) is 0 Å².